The van der Waals surface area contributed by atoms with E-state index in [1.807, 2.05) is 0 Å². The molecule has 24 heavy (non-hydrogen) atoms. The van der Waals surface area contributed by atoms with Crippen molar-refractivity contribution in [2.75, 3.05) is 6.61 Å². The summed E-state index contributed by atoms with van der Waals surface area (Å²) in [6.07, 6.45) is 1.11. The molecule has 140 valence electrons. The minimum Gasteiger partial charge on any atom is -0.414 e. The summed E-state index contributed by atoms with van der Waals surface area (Å²) in [6.45, 7) is 18.7. The molecule has 2 fully saturated rings. The highest BCUT2D eigenvalue weighted by atomic mass is 28.5. The highest BCUT2D eigenvalue weighted by Gasteiger charge is 2.59. The maximum absolute atomic E-state index is 7.13. The second-order valence-electron chi connectivity index (χ2n) is 8.85. The van der Waals surface area contributed by atoms with Gasteiger partial charge >= 0.3 is 17.1 Å². The maximum Gasteiger partial charge on any atom is 0.335 e. The van der Waals surface area contributed by atoms with E-state index >= 15 is 0 Å². The van der Waals surface area contributed by atoms with Crippen molar-refractivity contribution in [1.29, 1.82) is 0 Å². The van der Waals surface area contributed by atoms with Gasteiger partial charge in [-0.15, -0.1) is 0 Å². The van der Waals surface area contributed by atoms with Crippen LogP contribution in [0.25, 0.3) is 0 Å². The molecule has 0 amide bonds. The van der Waals surface area contributed by atoms with E-state index < -0.39 is 17.1 Å². The molecular weight excluding hydrogens is 335 g/mol. The maximum atomic E-state index is 7.13. The fourth-order valence-corrected chi connectivity index (χ4v) is 15.6. The van der Waals surface area contributed by atoms with Gasteiger partial charge in [-0.05, 0) is 28.6 Å². The van der Waals surface area contributed by atoms with E-state index in [1.165, 1.54) is 0 Å². The molecular formula is C17H37BO4Si2. The molecule has 0 bridgehead atoms. The molecule has 0 aromatic rings. The summed E-state index contributed by atoms with van der Waals surface area (Å²) in [5, 5.41) is 0. The number of hydrogen-bond acceptors (Lipinski definition) is 4. The summed E-state index contributed by atoms with van der Waals surface area (Å²) in [5.74, 6) is 0. The summed E-state index contributed by atoms with van der Waals surface area (Å²) in [6, 6.07) is 0.238. The molecule has 0 spiro atoms. The van der Waals surface area contributed by atoms with E-state index in [-0.39, 0.29) is 18.2 Å². The Balaban J connectivity index is 2.49. The molecule has 0 aromatic carbocycles. The Labute approximate surface area is 151 Å². The first-order chi connectivity index (χ1) is 11.0. The van der Waals surface area contributed by atoms with Gasteiger partial charge in [0.1, 0.15) is 14.0 Å². The Hall–Kier alpha value is 0.339. The van der Waals surface area contributed by atoms with Gasteiger partial charge in [0, 0.05) is 6.00 Å². The summed E-state index contributed by atoms with van der Waals surface area (Å²) in [4.78, 5) is 0. The monoisotopic (exact) mass is 372 g/mol. The lowest BCUT2D eigenvalue weighted by Gasteiger charge is -2.51. The molecule has 2 heterocycles. The van der Waals surface area contributed by atoms with Crippen molar-refractivity contribution in [2.24, 2.45) is 0 Å². The molecule has 0 aromatic heterocycles. The SMILES string of the molecule is B[C@H]1CC2O[Si](C(C)C)(C(C)C)O[Si](C(C)C)(C(C)C)OC[C@H]2O1. The van der Waals surface area contributed by atoms with Gasteiger partial charge in [0.25, 0.3) is 0 Å². The van der Waals surface area contributed by atoms with Gasteiger partial charge in [0.15, 0.2) is 0 Å². The molecule has 3 atom stereocenters. The van der Waals surface area contributed by atoms with Gasteiger partial charge in [0.05, 0.1) is 12.7 Å². The second-order valence-corrected chi connectivity index (χ2v) is 17.7. The normalized spacial score (nSPS) is 33.1. The highest BCUT2D eigenvalue weighted by molar-refractivity contribution is 6.83. The smallest absolute Gasteiger partial charge is 0.335 e. The van der Waals surface area contributed by atoms with Crippen molar-refractivity contribution in [3.8, 4) is 0 Å². The molecule has 2 saturated heterocycles. The minimum atomic E-state index is -2.44. The second kappa shape index (κ2) is 7.53. The summed E-state index contributed by atoms with van der Waals surface area (Å²) in [7, 11) is -2.71. The van der Waals surface area contributed by atoms with Crippen LogP contribution in [0.3, 0.4) is 0 Å². The van der Waals surface area contributed by atoms with Gasteiger partial charge in [-0.2, -0.15) is 0 Å². The van der Waals surface area contributed by atoms with E-state index in [0.29, 0.717) is 28.8 Å². The van der Waals surface area contributed by atoms with Crippen molar-refractivity contribution in [3.05, 3.63) is 0 Å². The molecule has 2 aliphatic heterocycles. The first kappa shape index (κ1) is 20.6. The molecule has 4 nitrogen and oxygen atoms in total. The van der Waals surface area contributed by atoms with Crippen LogP contribution in [0.15, 0.2) is 0 Å². The van der Waals surface area contributed by atoms with Crippen molar-refractivity contribution in [2.45, 2.75) is 102 Å². The Bertz CT molecular complexity index is 415. The molecule has 7 heteroatoms. The zero-order valence-electron chi connectivity index (χ0n) is 17.1. The summed E-state index contributed by atoms with van der Waals surface area (Å²) < 4.78 is 26.8. The zero-order chi connectivity index (χ0) is 18.3. The molecule has 1 unspecified atom stereocenters. The van der Waals surface area contributed by atoms with E-state index in [1.54, 1.807) is 0 Å². The topological polar surface area (TPSA) is 36.9 Å². The van der Waals surface area contributed by atoms with Crippen LogP contribution in [-0.4, -0.2) is 49.8 Å². The number of rotatable bonds is 4. The third-order valence-electron chi connectivity index (χ3n) is 5.73. The zero-order valence-corrected chi connectivity index (χ0v) is 19.1. The third-order valence-corrected chi connectivity index (χ3v) is 16.0. The number of ether oxygens (including phenoxy) is 1. The molecule has 2 aliphatic rings. The van der Waals surface area contributed by atoms with Crippen LogP contribution in [0.4, 0.5) is 0 Å². The fraction of sp³-hybridized carbons (Fsp3) is 1.00. The van der Waals surface area contributed by atoms with Crippen molar-refractivity contribution in [3.63, 3.8) is 0 Å². The van der Waals surface area contributed by atoms with E-state index in [0.717, 1.165) is 6.42 Å². The molecule has 0 N–H and O–H groups in total. The molecule has 0 radical (unpaired) electrons. The van der Waals surface area contributed by atoms with Crippen LogP contribution >= 0.6 is 0 Å². The largest absolute Gasteiger partial charge is 0.414 e. The van der Waals surface area contributed by atoms with Gasteiger partial charge in [0.2, 0.25) is 0 Å². The van der Waals surface area contributed by atoms with Gasteiger partial charge < -0.3 is 17.7 Å². The first-order valence-corrected chi connectivity index (χ1v) is 13.7. The molecule has 0 saturated carbocycles. The Kier molecular flexibility index (Phi) is 6.47. The Morgan fingerprint density at radius 3 is 1.75 bits per heavy atom. The summed E-state index contributed by atoms with van der Waals surface area (Å²) in [5.41, 5.74) is 1.56. The standard InChI is InChI=1S/C17H37BO4Si2/c1-11(2)23(12(3)4)19-10-16-15(9-17(18)20-16)21-24(22-23,13(5)6)14(7)8/h11-17H,9-10,18H2,1-8H3/t15?,16-,17-/m1/s1. The van der Waals surface area contributed by atoms with E-state index in [4.69, 9.17) is 17.7 Å². The van der Waals surface area contributed by atoms with Gasteiger partial charge in [-0.1, -0.05) is 55.4 Å². The van der Waals surface area contributed by atoms with E-state index in [2.05, 4.69) is 63.2 Å². The van der Waals surface area contributed by atoms with Crippen molar-refractivity contribution < 1.29 is 17.7 Å². The van der Waals surface area contributed by atoms with Crippen LogP contribution < -0.4 is 0 Å². The Morgan fingerprint density at radius 1 is 0.792 bits per heavy atom. The van der Waals surface area contributed by atoms with Crippen LogP contribution in [0.5, 0.6) is 0 Å². The lowest BCUT2D eigenvalue weighted by molar-refractivity contribution is -0.0252. The van der Waals surface area contributed by atoms with Gasteiger partial charge in [-0.25, -0.2) is 0 Å². The molecule has 0 aliphatic carbocycles. The lowest BCUT2D eigenvalue weighted by Crippen LogP contribution is -2.65. The average Bonchev–Trinajstić information content (AvgIpc) is 2.77. The predicted octanol–water partition coefficient (Wildman–Crippen LogP) is 3.69. The van der Waals surface area contributed by atoms with Crippen molar-refractivity contribution >= 4 is 25.0 Å². The van der Waals surface area contributed by atoms with Crippen LogP contribution in [0.1, 0.15) is 61.8 Å². The third kappa shape index (κ3) is 3.58. The van der Waals surface area contributed by atoms with Crippen LogP contribution in [-0.2, 0) is 17.7 Å². The summed E-state index contributed by atoms with van der Waals surface area (Å²) >= 11 is 0. The lowest BCUT2D eigenvalue weighted by atomic mass is 9.96. The molecule has 2 rings (SSSR count). The number of hydrogen-bond donors (Lipinski definition) is 0. The minimum absolute atomic E-state index is 0.0534. The van der Waals surface area contributed by atoms with E-state index in [9.17, 15) is 0 Å². The van der Waals surface area contributed by atoms with Crippen molar-refractivity contribution in [1.82, 2.24) is 0 Å². The van der Waals surface area contributed by atoms with Crippen LogP contribution in [0, 0.1) is 0 Å². The highest BCUT2D eigenvalue weighted by Crippen LogP contribution is 2.47. The number of fused-ring (bicyclic) bond motifs is 1. The van der Waals surface area contributed by atoms with Crippen LogP contribution in [0.2, 0.25) is 22.2 Å². The quantitative estimate of drug-likeness (QED) is 0.706. The Morgan fingerprint density at radius 2 is 1.29 bits per heavy atom. The average molecular weight is 372 g/mol. The predicted molar refractivity (Wildman–Crippen MR) is 106 cm³/mol. The first-order valence-electron chi connectivity index (χ1n) is 9.72. The fourth-order valence-electron chi connectivity index (χ4n) is 4.35. The van der Waals surface area contributed by atoms with Gasteiger partial charge in [-0.3, -0.25) is 0 Å².